The van der Waals surface area contributed by atoms with Crippen molar-refractivity contribution in [1.29, 1.82) is 0 Å². The molecule has 1 aliphatic rings. The first-order valence-corrected chi connectivity index (χ1v) is 8.47. The molecule has 1 heterocycles. The highest BCUT2D eigenvalue weighted by molar-refractivity contribution is 7.98. The van der Waals surface area contributed by atoms with E-state index in [2.05, 4.69) is 44.2 Å². The number of hydrogen-bond donors (Lipinski definition) is 1. The third kappa shape index (κ3) is 4.46. The quantitative estimate of drug-likeness (QED) is 0.789. The van der Waals surface area contributed by atoms with E-state index in [-0.39, 0.29) is 0 Å². The van der Waals surface area contributed by atoms with E-state index in [0.29, 0.717) is 12.1 Å². The number of thioether (sulfide) groups is 1. The highest BCUT2D eigenvalue weighted by Crippen LogP contribution is 2.19. The molecule has 4 unspecified atom stereocenters. The van der Waals surface area contributed by atoms with Crippen LogP contribution in [0.1, 0.15) is 40.5 Å². The summed E-state index contributed by atoms with van der Waals surface area (Å²) in [7, 11) is 0. The van der Waals surface area contributed by atoms with Crippen molar-refractivity contribution in [2.45, 2.75) is 58.7 Å². The number of rotatable bonds is 6. The van der Waals surface area contributed by atoms with Crippen LogP contribution in [-0.2, 0) is 0 Å². The van der Waals surface area contributed by atoms with Gasteiger partial charge in [-0.2, -0.15) is 11.8 Å². The molecular formula is C14H30N2S. The van der Waals surface area contributed by atoms with Crippen LogP contribution in [0.25, 0.3) is 0 Å². The molecule has 0 aromatic heterocycles. The normalized spacial score (nSPS) is 30.2. The minimum absolute atomic E-state index is 0.687. The average Bonchev–Trinajstić information content (AvgIpc) is 2.35. The summed E-state index contributed by atoms with van der Waals surface area (Å²) >= 11 is 1.96. The number of nitrogens with one attached hydrogen (secondary N) is 1. The summed E-state index contributed by atoms with van der Waals surface area (Å²) in [5.74, 6) is 2.07. The van der Waals surface area contributed by atoms with Gasteiger partial charge in [-0.15, -0.1) is 0 Å². The van der Waals surface area contributed by atoms with E-state index in [1.165, 1.54) is 25.1 Å². The lowest BCUT2D eigenvalue weighted by Crippen LogP contribution is -2.59. The van der Waals surface area contributed by atoms with Crippen LogP contribution in [0.5, 0.6) is 0 Å². The van der Waals surface area contributed by atoms with Crippen LogP contribution >= 0.6 is 11.8 Å². The molecule has 1 N–H and O–H groups in total. The van der Waals surface area contributed by atoms with E-state index >= 15 is 0 Å². The van der Waals surface area contributed by atoms with Crippen LogP contribution in [0.3, 0.4) is 0 Å². The fourth-order valence-electron chi connectivity index (χ4n) is 2.65. The van der Waals surface area contributed by atoms with E-state index in [1.807, 2.05) is 11.8 Å². The molecule has 4 atom stereocenters. The Hall–Kier alpha value is 0.270. The number of hydrogen-bond acceptors (Lipinski definition) is 3. The minimum atomic E-state index is 0.687. The molecule has 3 heteroatoms. The molecule has 1 aliphatic heterocycles. The second kappa shape index (κ2) is 7.65. The van der Waals surface area contributed by atoms with Gasteiger partial charge in [-0.05, 0) is 38.2 Å². The molecule has 2 nitrogen and oxygen atoms in total. The predicted octanol–water partition coefficient (Wildman–Crippen LogP) is 2.84. The van der Waals surface area contributed by atoms with E-state index in [9.17, 15) is 0 Å². The molecular weight excluding hydrogens is 228 g/mol. The van der Waals surface area contributed by atoms with Crippen molar-refractivity contribution < 1.29 is 0 Å². The van der Waals surface area contributed by atoms with Crippen molar-refractivity contribution in [3.05, 3.63) is 0 Å². The molecule has 0 spiro atoms. The first-order chi connectivity index (χ1) is 8.10. The monoisotopic (exact) mass is 258 g/mol. The molecule has 102 valence electrons. The van der Waals surface area contributed by atoms with E-state index in [1.54, 1.807) is 0 Å². The van der Waals surface area contributed by atoms with E-state index in [0.717, 1.165) is 18.5 Å². The zero-order valence-corrected chi connectivity index (χ0v) is 13.0. The fourth-order valence-corrected chi connectivity index (χ4v) is 3.22. The smallest absolute Gasteiger partial charge is 0.0221 e. The van der Waals surface area contributed by atoms with Crippen LogP contribution in [0.4, 0.5) is 0 Å². The van der Waals surface area contributed by atoms with Crippen LogP contribution < -0.4 is 5.32 Å². The van der Waals surface area contributed by atoms with Crippen molar-refractivity contribution in [2.75, 3.05) is 25.1 Å². The molecule has 17 heavy (non-hydrogen) atoms. The predicted molar refractivity (Wildman–Crippen MR) is 79.9 cm³/mol. The summed E-state index contributed by atoms with van der Waals surface area (Å²) in [5, 5.41) is 3.71. The topological polar surface area (TPSA) is 15.3 Å². The first kappa shape index (κ1) is 15.3. The van der Waals surface area contributed by atoms with Gasteiger partial charge in [0.25, 0.3) is 0 Å². The summed E-state index contributed by atoms with van der Waals surface area (Å²) in [5.41, 5.74) is 0. The zero-order valence-electron chi connectivity index (χ0n) is 12.2. The summed E-state index contributed by atoms with van der Waals surface area (Å²) in [4.78, 5) is 2.71. The Morgan fingerprint density at radius 2 is 2.12 bits per heavy atom. The fraction of sp³-hybridized carbons (Fsp3) is 1.00. The van der Waals surface area contributed by atoms with Gasteiger partial charge in [0.1, 0.15) is 0 Å². The van der Waals surface area contributed by atoms with Crippen LogP contribution in [0, 0.1) is 5.92 Å². The van der Waals surface area contributed by atoms with Crippen LogP contribution in [-0.4, -0.2) is 48.1 Å². The highest BCUT2D eigenvalue weighted by Gasteiger charge is 2.30. The lowest BCUT2D eigenvalue weighted by molar-refractivity contribution is 0.0808. The van der Waals surface area contributed by atoms with E-state index < -0.39 is 0 Å². The maximum absolute atomic E-state index is 3.71. The molecule has 0 aromatic rings. The van der Waals surface area contributed by atoms with Crippen molar-refractivity contribution >= 4 is 11.8 Å². The van der Waals surface area contributed by atoms with Gasteiger partial charge in [-0.3, -0.25) is 4.90 Å². The molecule has 1 rings (SSSR count). The second-order valence-corrected chi connectivity index (χ2v) is 6.56. The molecule has 0 aromatic carbocycles. The summed E-state index contributed by atoms with van der Waals surface area (Å²) in [6.07, 6.45) is 4.80. The highest BCUT2D eigenvalue weighted by atomic mass is 32.2. The zero-order chi connectivity index (χ0) is 12.8. The van der Waals surface area contributed by atoms with Gasteiger partial charge in [0, 0.05) is 31.2 Å². The van der Waals surface area contributed by atoms with Gasteiger partial charge in [-0.1, -0.05) is 20.3 Å². The Kier molecular flexibility index (Phi) is 6.90. The van der Waals surface area contributed by atoms with Crippen molar-refractivity contribution in [2.24, 2.45) is 5.92 Å². The van der Waals surface area contributed by atoms with Crippen molar-refractivity contribution in [3.63, 3.8) is 0 Å². The van der Waals surface area contributed by atoms with Gasteiger partial charge in [0.05, 0.1) is 0 Å². The molecule has 0 radical (unpaired) electrons. The van der Waals surface area contributed by atoms with Crippen LogP contribution in [0.15, 0.2) is 0 Å². The van der Waals surface area contributed by atoms with Gasteiger partial charge >= 0.3 is 0 Å². The average molecular weight is 258 g/mol. The molecule has 0 aliphatic carbocycles. The van der Waals surface area contributed by atoms with Gasteiger partial charge in [0.15, 0.2) is 0 Å². The largest absolute Gasteiger partial charge is 0.311 e. The first-order valence-electron chi connectivity index (χ1n) is 7.08. The van der Waals surface area contributed by atoms with Gasteiger partial charge in [0.2, 0.25) is 0 Å². The minimum Gasteiger partial charge on any atom is -0.311 e. The molecule has 0 bridgehead atoms. The Morgan fingerprint density at radius 3 is 2.71 bits per heavy atom. The molecule has 1 saturated heterocycles. The number of piperazine rings is 1. The maximum Gasteiger partial charge on any atom is 0.0221 e. The second-order valence-electron chi connectivity index (χ2n) is 5.58. The number of nitrogens with zero attached hydrogens (tertiary/aromatic N) is 1. The lowest BCUT2D eigenvalue weighted by Gasteiger charge is -2.44. The van der Waals surface area contributed by atoms with Crippen molar-refractivity contribution in [3.8, 4) is 0 Å². The summed E-state index contributed by atoms with van der Waals surface area (Å²) < 4.78 is 0. The summed E-state index contributed by atoms with van der Waals surface area (Å²) in [6, 6.07) is 2.10. The van der Waals surface area contributed by atoms with Crippen molar-refractivity contribution in [1.82, 2.24) is 10.2 Å². The van der Waals surface area contributed by atoms with Gasteiger partial charge < -0.3 is 5.32 Å². The van der Waals surface area contributed by atoms with Gasteiger partial charge in [-0.25, -0.2) is 0 Å². The third-order valence-corrected chi connectivity index (χ3v) is 4.93. The molecule has 0 saturated carbocycles. The van der Waals surface area contributed by atoms with Crippen LogP contribution in [0.2, 0.25) is 0 Å². The Labute approximate surface area is 112 Å². The standard InChI is InChI=1S/C14H30N2S/c1-6-11(2)14-10-16(13(4)9-15-14)12(3)7-8-17-5/h11-15H,6-10H2,1-5H3. The maximum atomic E-state index is 3.71. The lowest BCUT2D eigenvalue weighted by atomic mass is 9.94. The Balaban J connectivity index is 2.50. The molecule has 0 amide bonds. The Morgan fingerprint density at radius 1 is 1.41 bits per heavy atom. The summed E-state index contributed by atoms with van der Waals surface area (Å²) in [6.45, 7) is 11.8. The third-order valence-electron chi connectivity index (χ3n) is 4.29. The Bertz CT molecular complexity index is 210. The molecule has 1 fully saturated rings. The SMILES string of the molecule is CCC(C)C1CN(C(C)CCSC)C(C)CN1. The van der Waals surface area contributed by atoms with E-state index in [4.69, 9.17) is 0 Å².